The molecule has 2 aliphatic rings. The van der Waals surface area contributed by atoms with Gasteiger partial charge in [0.25, 0.3) is 5.56 Å². The van der Waals surface area contributed by atoms with Crippen molar-refractivity contribution in [2.45, 2.75) is 31.3 Å². The maximum absolute atomic E-state index is 15.3. The highest BCUT2D eigenvalue weighted by Crippen LogP contribution is 2.44. The molecule has 188 valence electrons. The predicted octanol–water partition coefficient (Wildman–Crippen LogP) is 4.45. The summed E-state index contributed by atoms with van der Waals surface area (Å²) in [4.78, 5) is 36.5. The number of carbonyl (C=O) groups excluding carboxylic acids is 1. The average molecular weight is 544 g/mol. The first kappa shape index (κ1) is 23.6. The molecule has 13 heteroatoms. The highest BCUT2D eigenvalue weighted by Gasteiger charge is 2.42. The molecule has 1 saturated heterocycles. The predicted molar refractivity (Wildman–Crippen MR) is 131 cm³/mol. The number of amides is 1. The van der Waals surface area contributed by atoms with Crippen molar-refractivity contribution in [3.8, 4) is 16.9 Å². The van der Waals surface area contributed by atoms with Crippen LogP contribution < -0.4 is 5.56 Å². The molecule has 0 radical (unpaired) electrons. The van der Waals surface area contributed by atoms with Gasteiger partial charge in [0.05, 0.1) is 28.6 Å². The second kappa shape index (κ2) is 8.93. The van der Waals surface area contributed by atoms with Gasteiger partial charge in [-0.15, -0.1) is 5.10 Å². The largest absolute Gasteiger partial charge is 0.346 e. The van der Waals surface area contributed by atoms with E-state index in [4.69, 9.17) is 23.2 Å². The monoisotopic (exact) mass is 543 g/mol. The van der Waals surface area contributed by atoms with Crippen LogP contribution in [0.15, 0.2) is 47.7 Å². The van der Waals surface area contributed by atoms with Gasteiger partial charge >= 0.3 is 0 Å². The molecular formula is C24H17Cl2F2N7O2. The molecule has 1 amide bonds. The van der Waals surface area contributed by atoms with Crippen LogP contribution in [0.3, 0.4) is 0 Å². The Balaban J connectivity index is 1.34. The number of carbonyl (C=O) groups is 1. The van der Waals surface area contributed by atoms with E-state index in [0.29, 0.717) is 36.3 Å². The van der Waals surface area contributed by atoms with E-state index in [1.165, 1.54) is 41.5 Å². The standard InChI is InChI=1S/C24H17Cl2F2N7O2/c25-14-2-4-16(34-10-18(26)32-33-34)20(22(14)28)11-7-12-1-3-17(35(12)19(36)8-11)23-30-9-15(31-23)13-5-6-29-24(37)21(13)27/h2,4-6,8-10,12,17H,1,3,7H2,(H,29,37)(H,30,31)/t12-,17+/m1/s1. The highest BCUT2D eigenvalue weighted by molar-refractivity contribution is 6.31. The van der Waals surface area contributed by atoms with Crippen molar-refractivity contribution in [2.24, 2.45) is 0 Å². The summed E-state index contributed by atoms with van der Waals surface area (Å²) in [6, 6.07) is 3.83. The van der Waals surface area contributed by atoms with Gasteiger partial charge in [-0.2, -0.15) is 0 Å². The maximum Gasteiger partial charge on any atom is 0.284 e. The Morgan fingerprint density at radius 1 is 1.05 bits per heavy atom. The quantitative estimate of drug-likeness (QED) is 0.394. The van der Waals surface area contributed by atoms with E-state index in [1.54, 1.807) is 11.0 Å². The molecule has 1 aromatic carbocycles. The summed E-state index contributed by atoms with van der Waals surface area (Å²) in [6.07, 6.45) is 7.32. The minimum Gasteiger partial charge on any atom is -0.346 e. The van der Waals surface area contributed by atoms with Crippen molar-refractivity contribution >= 4 is 34.7 Å². The zero-order valence-electron chi connectivity index (χ0n) is 18.9. The fraction of sp³-hybridized carbons (Fsp3) is 0.208. The van der Waals surface area contributed by atoms with Crippen LogP contribution in [0.2, 0.25) is 10.2 Å². The zero-order valence-corrected chi connectivity index (χ0v) is 20.4. The Morgan fingerprint density at radius 2 is 1.89 bits per heavy atom. The van der Waals surface area contributed by atoms with Crippen molar-refractivity contribution in [2.75, 3.05) is 0 Å². The van der Waals surface area contributed by atoms with Crippen LogP contribution in [0.5, 0.6) is 0 Å². The van der Waals surface area contributed by atoms with Gasteiger partial charge in [0.15, 0.2) is 16.8 Å². The van der Waals surface area contributed by atoms with E-state index in [-0.39, 0.29) is 45.0 Å². The van der Waals surface area contributed by atoms with E-state index < -0.39 is 17.2 Å². The third kappa shape index (κ3) is 3.94. The first-order valence-electron chi connectivity index (χ1n) is 11.3. The summed E-state index contributed by atoms with van der Waals surface area (Å²) in [5, 5.41) is 7.74. The Bertz CT molecular complexity index is 1640. The second-order valence-corrected chi connectivity index (χ2v) is 9.61. The number of benzene rings is 1. The molecule has 2 N–H and O–H groups in total. The lowest BCUT2D eigenvalue weighted by Crippen LogP contribution is -2.39. The molecule has 4 aromatic rings. The maximum atomic E-state index is 15.3. The minimum atomic E-state index is -0.931. The molecule has 0 saturated carbocycles. The van der Waals surface area contributed by atoms with Crippen LogP contribution in [-0.4, -0.2) is 46.8 Å². The molecule has 0 spiro atoms. The molecule has 2 aliphatic heterocycles. The van der Waals surface area contributed by atoms with Crippen LogP contribution in [-0.2, 0) is 4.79 Å². The smallest absolute Gasteiger partial charge is 0.284 e. The van der Waals surface area contributed by atoms with E-state index in [9.17, 15) is 14.0 Å². The van der Waals surface area contributed by atoms with Gasteiger partial charge in [-0.3, -0.25) is 9.59 Å². The fourth-order valence-corrected chi connectivity index (χ4v) is 5.38. The van der Waals surface area contributed by atoms with E-state index in [0.717, 1.165) is 0 Å². The number of halogens is 4. The van der Waals surface area contributed by atoms with Crippen LogP contribution in [0.25, 0.3) is 22.5 Å². The molecule has 6 rings (SSSR count). The normalized spacial score (nSPS) is 19.3. The fourth-order valence-electron chi connectivity index (χ4n) is 5.10. The SMILES string of the molecule is O=C1C=C(c2c(-n3cc(Cl)nn3)ccc(Cl)c2F)C[C@H]2CC[C@@H](c3nc(-c4cc[nH]c(=O)c4F)c[nH]3)N12. The van der Waals surface area contributed by atoms with Gasteiger partial charge < -0.3 is 14.9 Å². The number of hydrogen-bond donors (Lipinski definition) is 2. The van der Waals surface area contributed by atoms with Gasteiger partial charge in [0.1, 0.15) is 5.82 Å². The molecule has 3 aromatic heterocycles. The molecule has 0 aliphatic carbocycles. The summed E-state index contributed by atoms with van der Waals surface area (Å²) in [5.74, 6) is -1.42. The van der Waals surface area contributed by atoms with Crippen molar-refractivity contribution < 1.29 is 13.6 Å². The number of pyridine rings is 1. The van der Waals surface area contributed by atoms with E-state index >= 15 is 4.39 Å². The van der Waals surface area contributed by atoms with Gasteiger partial charge in [-0.05, 0) is 43.0 Å². The molecule has 37 heavy (non-hydrogen) atoms. The molecule has 9 nitrogen and oxygen atoms in total. The lowest BCUT2D eigenvalue weighted by atomic mass is 9.92. The Kier molecular flexibility index (Phi) is 5.68. The Hall–Kier alpha value is -3.83. The first-order chi connectivity index (χ1) is 17.8. The molecule has 2 atom stereocenters. The zero-order chi connectivity index (χ0) is 25.8. The molecule has 5 heterocycles. The van der Waals surface area contributed by atoms with E-state index in [1.807, 2.05) is 0 Å². The Morgan fingerprint density at radius 3 is 2.68 bits per heavy atom. The number of H-pyrrole nitrogens is 2. The number of imidazole rings is 1. The Labute approximate surface area is 217 Å². The average Bonchev–Trinajstić information content (AvgIpc) is 3.62. The number of nitrogens with one attached hydrogen (secondary N) is 2. The molecular weight excluding hydrogens is 527 g/mol. The summed E-state index contributed by atoms with van der Waals surface area (Å²) in [5.41, 5.74) is 0.492. The van der Waals surface area contributed by atoms with Crippen molar-refractivity contribution in [3.05, 3.63) is 86.4 Å². The van der Waals surface area contributed by atoms with Crippen LogP contribution in [0.1, 0.15) is 36.7 Å². The number of aromatic amines is 2. The van der Waals surface area contributed by atoms with Crippen molar-refractivity contribution in [1.29, 1.82) is 0 Å². The highest BCUT2D eigenvalue weighted by atomic mass is 35.5. The van der Waals surface area contributed by atoms with E-state index in [2.05, 4.69) is 25.3 Å². The number of nitrogens with zero attached hydrogens (tertiary/aromatic N) is 5. The topological polar surface area (TPSA) is 113 Å². The number of aromatic nitrogens is 6. The lowest BCUT2D eigenvalue weighted by molar-refractivity contribution is -0.129. The van der Waals surface area contributed by atoms with Crippen LogP contribution in [0.4, 0.5) is 8.78 Å². The summed E-state index contributed by atoms with van der Waals surface area (Å²) >= 11 is 12.0. The van der Waals surface area contributed by atoms with Gasteiger partial charge in [-0.25, -0.2) is 18.4 Å². The van der Waals surface area contributed by atoms with Gasteiger partial charge in [-0.1, -0.05) is 28.4 Å². The summed E-state index contributed by atoms with van der Waals surface area (Å²) in [7, 11) is 0. The third-order valence-electron chi connectivity index (χ3n) is 6.71. The third-order valence-corrected chi connectivity index (χ3v) is 7.17. The van der Waals surface area contributed by atoms with Crippen molar-refractivity contribution in [1.82, 2.24) is 34.8 Å². The second-order valence-electron chi connectivity index (χ2n) is 8.81. The molecule has 1 fully saturated rings. The molecule has 0 unspecified atom stereocenters. The number of rotatable bonds is 4. The molecule has 0 bridgehead atoms. The van der Waals surface area contributed by atoms with Crippen molar-refractivity contribution in [3.63, 3.8) is 0 Å². The number of hydrogen-bond acceptors (Lipinski definition) is 5. The van der Waals surface area contributed by atoms with Gasteiger partial charge in [0.2, 0.25) is 5.91 Å². The van der Waals surface area contributed by atoms with Crippen LogP contribution in [0, 0.1) is 11.6 Å². The summed E-state index contributed by atoms with van der Waals surface area (Å²) < 4.78 is 31.0. The van der Waals surface area contributed by atoms with Gasteiger partial charge in [0, 0.05) is 35.6 Å². The van der Waals surface area contributed by atoms with Crippen LogP contribution >= 0.6 is 23.2 Å². The lowest BCUT2D eigenvalue weighted by Gasteiger charge is -2.33. The number of fused-ring (bicyclic) bond motifs is 1. The summed E-state index contributed by atoms with van der Waals surface area (Å²) in [6.45, 7) is 0. The first-order valence-corrected chi connectivity index (χ1v) is 12.1. The minimum absolute atomic E-state index is 0.0603.